The van der Waals surface area contributed by atoms with E-state index in [0.29, 0.717) is 37.1 Å². The number of carbonyl (C=O) groups excluding carboxylic acids is 2. The summed E-state index contributed by atoms with van der Waals surface area (Å²) in [4.78, 5) is 27.8. The van der Waals surface area contributed by atoms with Crippen LogP contribution < -0.4 is 10.1 Å². The second kappa shape index (κ2) is 9.56. The fourth-order valence-electron chi connectivity index (χ4n) is 4.03. The summed E-state index contributed by atoms with van der Waals surface area (Å²) in [6.07, 6.45) is 1.31. The van der Waals surface area contributed by atoms with Crippen molar-refractivity contribution in [2.24, 2.45) is 0 Å². The minimum atomic E-state index is -0.716. The number of aromatic hydroxyl groups is 1. The van der Waals surface area contributed by atoms with Crippen molar-refractivity contribution in [3.8, 4) is 11.5 Å². The molecule has 1 aliphatic heterocycles. The van der Waals surface area contributed by atoms with E-state index in [9.17, 15) is 14.7 Å². The van der Waals surface area contributed by atoms with Crippen LogP contribution in [0.2, 0.25) is 0 Å². The summed E-state index contributed by atoms with van der Waals surface area (Å²) in [7, 11) is 1.62. The highest BCUT2D eigenvalue weighted by Gasteiger charge is 2.40. The molecule has 2 N–H and O–H groups in total. The highest BCUT2D eigenvalue weighted by molar-refractivity contribution is 6.05. The van der Waals surface area contributed by atoms with Crippen LogP contribution in [0.3, 0.4) is 0 Å². The Morgan fingerprint density at radius 3 is 2.44 bits per heavy atom. The number of phenolic OH excluding ortho intramolecular Hbond substituents is 1. The molecule has 164 valence electrons. The van der Waals surface area contributed by atoms with Crippen molar-refractivity contribution in [1.29, 1.82) is 0 Å². The van der Waals surface area contributed by atoms with Gasteiger partial charge < -0.3 is 20.1 Å². The number of carbonyl (C=O) groups is 2. The van der Waals surface area contributed by atoms with E-state index in [1.165, 1.54) is 12.1 Å². The zero-order valence-electron chi connectivity index (χ0n) is 18.0. The Balaban J connectivity index is 1.49. The Bertz CT molecular complexity index is 1100. The smallest absolute Gasteiger partial charge is 0.255 e. The third-order valence-corrected chi connectivity index (χ3v) is 5.74. The Hall–Kier alpha value is -3.80. The molecule has 0 aromatic heterocycles. The molecule has 0 radical (unpaired) electrons. The number of methoxy groups -OCH3 is 1. The molecule has 3 aromatic rings. The molecule has 0 fully saturated rings. The SMILES string of the molecule is COc1ccc(CCN2C(=O)c3cc(O)ccc3C2C(=O)NCCc2ccccc2)cc1. The van der Waals surface area contributed by atoms with Crippen LogP contribution in [-0.2, 0) is 17.6 Å². The summed E-state index contributed by atoms with van der Waals surface area (Å²) in [6.45, 7) is 0.866. The molecular weight excluding hydrogens is 404 g/mol. The number of phenols is 1. The van der Waals surface area contributed by atoms with E-state index >= 15 is 0 Å². The van der Waals surface area contributed by atoms with Gasteiger partial charge in [-0.15, -0.1) is 0 Å². The van der Waals surface area contributed by atoms with Crippen LogP contribution in [0, 0.1) is 0 Å². The van der Waals surface area contributed by atoms with Gasteiger partial charge in [0.1, 0.15) is 17.5 Å². The van der Waals surface area contributed by atoms with Crippen LogP contribution in [0.15, 0.2) is 72.8 Å². The lowest BCUT2D eigenvalue weighted by Gasteiger charge is -2.25. The van der Waals surface area contributed by atoms with Crippen molar-refractivity contribution in [3.63, 3.8) is 0 Å². The predicted octanol–water partition coefficient (Wildman–Crippen LogP) is 3.50. The normalized spacial score (nSPS) is 14.8. The first-order valence-electron chi connectivity index (χ1n) is 10.7. The number of ether oxygens (including phenoxy) is 1. The number of nitrogens with one attached hydrogen (secondary N) is 1. The molecule has 0 spiro atoms. The number of hydrogen-bond donors (Lipinski definition) is 2. The van der Waals surface area contributed by atoms with Gasteiger partial charge in [0.15, 0.2) is 0 Å². The van der Waals surface area contributed by atoms with Crippen LogP contribution in [0.25, 0.3) is 0 Å². The van der Waals surface area contributed by atoms with Gasteiger partial charge in [-0.3, -0.25) is 9.59 Å². The van der Waals surface area contributed by atoms with E-state index < -0.39 is 6.04 Å². The van der Waals surface area contributed by atoms with E-state index in [1.54, 1.807) is 18.1 Å². The van der Waals surface area contributed by atoms with Gasteiger partial charge in [0, 0.05) is 18.7 Å². The van der Waals surface area contributed by atoms with Crippen LogP contribution >= 0.6 is 0 Å². The fourth-order valence-corrected chi connectivity index (χ4v) is 4.03. The highest BCUT2D eigenvalue weighted by atomic mass is 16.5. The molecule has 6 nitrogen and oxygen atoms in total. The molecule has 0 saturated carbocycles. The summed E-state index contributed by atoms with van der Waals surface area (Å²) in [6, 6.07) is 21.5. The van der Waals surface area contributed by atoms with Crippen molar-refractivity contribution < 1.29 is 19.4 Å². The van der Waals surface area contributed by atoms with E-state index in [0.717, 1.165) is 16.9 Å². The molecule has 32 heavy (non-hydrogen) atoms. The summed E-state index contributed by atoms with van der Waals surface area (Å²) >= 11 is 0. The van der Waals surface area contributed by atoms with Crippen LogP contribution in [0.4, 0.5) is 0 Å². The third-order valence-electron chi connectivity index (χ3n) is 5.74. The Labute approximate surface area is 187 Å². The number of hydrogen-bond acceptors (Lipinski definition) is 4. The molecule has 1 heterocycles. The first-order chi connectivity index (χ1) is 15.6. The summed E-state index contributed by atoms with van der Waals surface area (Å²) in [5.74, 6) is 0.322. The van der Waals surface area contributed by atoms with Gasteiger partial charge in [0.25, 0.3) is 5.91 Å². The summed E-state index contributed by atoms with van der Waals surface area (Å²) < 4.78 is 5.19. The largest absolute Gasteiger partial charge is 0.508 e. The fraction of sp³-hybridized carbons (Fsp3) is 0.231. The maximum absolute atomic E-state index is 13.1. The van der Waals surface area contributed by atoms with Crippen LogP contribution in [0.1, 0.15) is 33.1 Å². The molecule has 1 unspecified atom stereocenters. The average Bonchev–Trinajstić information content (AvgIpc) is 3.09. The number of rotatable bonds is 8. The minimum Gasteiger partial charge on any atom is -0.508 e. The van der Waals surface area contributed by atoms with E-state index in [-0.39, 0.29) is 17.6 Å². The van der Waals surface area contributed by atoms with Gasteiger partial charge >= 0.3 is 0 Å². The molecule has 4 rings (SSSR count). The van der Waals surface area contributed by atoms with Crippen molar-refractivity contribution >= 4 is 11.8 Å². The summed E-state index contributed by atoms with van der Waals surface area (Å²) in [5, 5.41) is 12.8. The van der Waals surface area contributed by atoms with Gasteiger partial charge in [0.2, 0.25) is 5.91 Å². The number of benzene rings is 3. The zero-order chi connectivity index (χ0) is 22.5. The van der Waals surface area contributed by atoms with Crippen LogP contribution in [0.5, 0.6) is 11.5 Å². The monoisotopic (exact) mass is 430 g/mol. The second-order valence-electron chi connectivity index (χ2n) is 7.80. The lowest BCUT2D eigenvalue weighted by molar-refractivity contribution is -0.125. The second-order valence-corrected chi connectivity index (χ2v) is 7.80. The molecule has 6 heteroatoms. The number of fused-ring (bicyclic) bond motifs is 1. The Morgan fingerprint density at radius 1 is 1.00 bits per heavy atom. The van der Waals surface area contributed by atoms with E-state index in [2.05, 4.69) is 5.32 Å². The lowest BCUT2D eigenvalue weighted by Crippen LogP contribution is -2.40. The molecule has 3 aromatic carbocycles. The predicted molar refractivity (Wildman–Crippen MR) is 122 cm³/mol. The molecule has 0 saturated heterocycles. The van der Waals surface area contributed by atoms with E-state index in [1.807, 2.05) is 54.6 Å². The van der Waals surface area contributed by atoms with E-state index in [4.69, 9.17) is 4.74 Å². The van der Waals surface area contributed by atoms with Gasteiger partial charge in [-0.05, 0) is 53.8 Å². The minimum absolute atomic E-state index is 0.0114. The van der Waals surface area contributed by atoms with Gasteiger partial charge in [-0.1, -0.05) is 48.5 Å². The van der Waals surface area contributed by atoms with Crippen molar-refractivity contribution in [2.45, 2.75) is 18.9 Å². The Kier molecular flexibility index (Phi) is 6.40. The molecule has 0 aliphatic carbocycles. The molecule has 2 amide bonds. The number of nitrogens with zero attached hydrogens (tertiary/aromatic N) is 1. The molecular formula is C26H26N2O4. The zero-order valence-corrected chi connectivity index (χ0v) is 18.0. The van der Waals surface area contributed by atoms with Crippen molar-refractivity contribution in [3.05, 3.63) is 95.1 Å². The Morgan fingerprint density at radius 2 is 1.72 bits per heavy atom. The highest BCUT2D eigenvalue weighted by Crippen LogP contribution is 2.35. The maximum atomic E-state index is 13.1. The molecule has 1 atom stereocenters. The van der Waals surface area contributed by atoms with Gasteiger partial charge in [-0.25, -0.2) is 0 Å². The van der Waals surface area contributed by atoms with Gasteiger partial charge in [0.05, 0.1) is 7.11 Å². The quantitative estimate of drug-likeness (QED) is 0.573. The van der Waals surface area contributed by atoms with Crippen LogP contribution in [-0.4, -0.2) is 42.0 Å². The first-order valence-corrected chi connectivity index (χ1v) is 10.7. The molecule has 1 aliphatic rings. The topological polar surface area (TPSA) is 78.9 Å². The third kappa shape index (κ3) is 4.59. The van der Waals surface area contributed by atoms with Gasteiger partial charge in [-0.2, -0.15) is 0 Å². The lowest BCUT2D eigenvalue weighted by atomic mass is 10.0. The standard InChI is InChI=1S/C26H26N2O4/c1-32-21-10-7-19(8-11-21)14-16-28-24(22-12-9-20(29)17-23(22)26(28)31)25(30)27-15-13-18-5-3-2-4-6-18/h2-12,17,24,29H,13-16H2,1H3,(H,27,30). The number of amides is 2. The van der Waals surface area contributed by atoms with Crippen molar-refractivity contribution in [1.82, 2.24) is 10.2 Å². The first kappa shape index (κ1) is 21.4. The van der Waals surface area contributed by atoms with Crippen molar-refractivity contribution in [2.75, 3.05) is 20.2 Å². The summed E-state index contributed by atoms with van der Waals surface area (Å²) in [5.41, 5.74) is 3.18. The maximum Gasteiger partial charge on any atom is 0.255 e. The average molecular weight is 431 g/mol. The molecule has 0 bridgehead atoms.